The van der Waals surface area contributed by atoms with E-state index in [1.165, 1.54) is 0 Å². The third kappa shape index (κ3) is 4.51. The van der Waals surface area contributed by atoms with Gasteiger partial charge in [0.05, 0.1) is 26.5 Å². The Morgan fingerprint density at radius 2 is 1.77 bits per heavy atom. The largest absolute Gasteiger partial charge is 0.497 e. The van der Waals surface area contributed by atoms with Gasteiger partial charge in [-0.2, -0.15) is 0 Å². The second-order valence-corrected chi connectivity index (χ2v) is 6.80. The fourth-order valence-corrected chi connectivity index (χ4v) is 3.18. The molecule has 1 aromatic heterocycles. The van der Waals surface area contributed by atoms with Gasteiger partial charge in [0.15, 0.2) is 5.69 Å². The van der Waals surface area contributed by atoms with Crippen LogP contribution in [0.15, 0.2) is 72.9 Å². The normalized spacial score (nSPS) is 10.4. The summed E-state index contributed by atoms with van der Waals surface area (Å²) in [5.41, 5.74) is 4.18. The van der Waals surface area contributed by atoms with Crippen LogP contribution in [0.2, 0.25) is 0 Å². The van der Waals surface area contributed by atoms with Crippen LogP contribution in [0.4, 0.5) is 5.69 Å². The summed E-state index contributed by atoms with van der Waals surface area (Å²) in [6.07, 6.45) is 1.85. The fraction of sp³-hybridized carbons (Fsp3) is 0.120. The number of hydrogen-bond acceptors (Lipinski definition) is 4. The Morgan fingerprint density at radius 1 is 0.935 bits per heavy atom. The van der Waals surface area contributed by atoms with E-state index in [-0.39, 0.29) is 0 Å². The molecule has 0 spiro atoms. The lowest BCUT2D eigenvalue weighted by Gasteiger charge is -2.11. The van der Waals surface area contributed by atoms with Crippen molar-refractivity contribution < 1.29 is 14.2 Å². The van der Waals surface area contributed by atoms with Crippen LogP contribution in [0.25, 0.3) is 27.5 Å². The van der Waals surface area contributed by atoms with Gasteiger partial charge < -0.3 is 19.2 Å². The molecule has 4 rings (SSSR count). The summed E-state index contributed by atoms with van der Waals surface area (Å²) in [5, 5.41) is 0. The zero-order valence-electron chi connectivity index (χ0n) is 17.3. The molecular weight excluding hydrogens is 390 g/mol. The monoisotopic (exact) mass is 411 g/mol. The first kappa shape index (κ1) is 20.0. The van der Waals surface area contributed by atoms with Crippen molar-refractivity contribution in [2.45, 2.75) is 6.61 Å². The number of nitrogens with one attached hydrogen (secondary N) is 1. The highest BCUT2D eigenvalue weighted by Crippen LogP contribution is 2.34. The maximum absolute atomic E-state index is 7.02. The Hall–Kier alpha value is -4.24. The first-order valence-electron chi connectivity index (χ1n) is 9.67. The molecule has 0 saturated heterocycles. The average Bonchev–Trinajstić information content (AvgIpc) is 3.33. The Morgan fingerprint density at radius 3 is 2.52 bits per heavy atom. The van der Waals surface area contributed by atoms with Gasteiger partial charge in [-0.05, 0) is 29.8 Å². The number of aromatic amines is 1. The van der Waals surface area contributed by atoms with E-state index in [1.807, 2.05) is 60.8 Å². The van der Waals surface area contributed by atoms with Gasteiger partial charge in [-0.3, -0.25) is 0 Å². The van der Waals surface area contributed by atoms with Crippen molar-refractivity contribution in [1.82, 2.24) is 9.97 Å². The highest BCUT2D eigenvalue weighted by atomic mass is 16.5. The highest BCUT2D eigenvalue weighted by molar-refractivity contribution is 5.71. The molecule has 0 bridgehead atoms. The van der Waals surface area contributed by atoms with Crippen LogP contribution < -0.4 is 14.2 Å². The molecule has 1 heterocycles. The van der Waals surface area contributed by atoms with Gasteiger partial charge >= 0.3 is 0 Å². The van der Waals surface area contributed by atoms with E-state index in [4.69, 9.17) is 25.8 Å². The highest BCUT2D eigenvalue weighted by Gasteiger charge is 2.12. The fourth-order valence-electron chi connectivity index (χ4n) is 3.18. The summed E-state index contributed by atoms with van der Waals surface area (Å²) < 4.78 is 16.8. The topological polar surface area (TPSA) is 60.7 Å². The van der Waals surface area contributed by atoms with Gasteiger partial charge in [-0.1, -0.05) is 36.4 Å². The van der Waals surface area contributed by atoms with Crippen LogP contribution >= 0.6 is 0 Å². The molecule has 0 aliphatic carbocycles. The minimum atomic E-state index is 0.406. The quantitative estimate of drug-likeness (QED) is 0.385. The van der Waals surface area contributed by atoms with E-state index in [9.17, 15) is 0 Å². The van der Waals surface area contributed by atoms with E-state index in [2.05, 4.69) is 9.83 Å². The van der Waals surface area contributed by atoms with Crippen molar-refractivity contribution in [2.75, 3.05) is 14.2 Å². The maximum atomic E-state index is 7.02. The molecule has 0 amide bonds. The standard InChI is InChI=1S/C25H21N3O3/c1-26-19-9-7-17(8-10-19)16-31-21-11-12-22(24(14-21)30-3)23-15-27-25(28-23)18-5-4-6-20(13-18)29-2/h4-15H,16H2,2-3H3,(H,27,28). The number of rotatable bonds is 7. The maximum Gasteiger partial charge on any atom is 0.187 e. The Kier molecular flexibility index (Phi) is 5.86. The Balaban J connectivity index is 1.53. The van der Waals surface area contributed by atoms with E-state index < -0.39 is 0 Å². The van der Waals surface area contributed by atoms with E-state index in [0.717, 1.165) is 34.0 Å². The molecule has 0 atom stereocenters. The lowest BCUT2D eigenvalue weighted by Crippen LogP contribution is -1.96. The summed E-state index contributed by atoms with van der Waals surface area (Å²) >= 11 is 0. The molecule has 6 heteroatoms. The molecule has 0 aliphatic heterocycles. The van der Waals surface area contributed by atoms with E-state index in [0.29, 0.717) is 23.8 Å². The lowest BCUT2D eigenvalue weighted by molar-refractivity contribution is 0.304. The minimum absolute atomic E-state index is 0.406. The molecule has 154 valence electrons. The number of aromatic nitrogens is 2. The van der Waals surface area contributed by atoms with Gasteiger partial charge in [0, 0.05) is 23.4 Å². The summed E-state index contributed by atoms with van der Waals surface area (Å²) in [4.78, 5) is 11.3. The molecule has 6 nitrogen and oxygen atoms in total. The van der Waals surface area contributed by atoms with E-state index >= 15 is 0 Å². The number of benzene rings is 3. The van der Waals surface area contributed by atoms with Crippen LogP contribution in [0.5, 0.6) is 17.2 Å². The van der Waals surface area contributed by atoms with Gasteiger partial charge in [0.25, 0.3) is 0 Å². The predicted octanol–water partition coefficient (Wildman–Crippen LogP) is 5.89. The second kappa shape index (κ2) is 9.06. The Bertz CT molecular complexity index is 1220. The number of nitrogens with zero attached hydrogens (tertiary/aromatic N) is 2. The van der Waals surface area contributed by atoms with Gasteiger partial charge in [-0.15, -0.1) is 0 Å². The first-order valence-corrected chi connectivity index (χ1v) is 9.67. The molecule has 0 aliphatic rings. The molecule has 4 aromatic rings. The minimum Gasteiger partial charge on any atom is -0.497 e. The van der Waals surface area contributed by atoms with Gasteiger partial charge in [-0.25, -0.2) is 9.83 Å². The molecule has 0 fully saturated rings. The number of H-pyrrole nitrogens is 1. The second-order valence-electron chi connectivity index (χ2n) is 6.80. The van der Waals surface area contributed by atoms with Crippen molar-refractivity contribution >= 4 is 5.69 Å². The Labute approximate surface area is 180 Å². The molecular formula is C25H21N3O3. The summed E-state index contributed by atoms with van der Waals surface area (Å²) in [6.45, 7) is 7.43. The predicted molar refractivity (Wildman–Crippen MR) is 120 cm³/mol. The number of methoxy groups -OCH3 is 2. The molecule has 31 heavy (non-hydrogen) atoms. The average molecular weight is 411 g/mol. The van der Waals surface area contributed by atoms with Gasteiger partial charge in [0.2, 0.25) is 0 Å². The smallest absolute Gasteiger partial charge is 0.187 e. The molecule has 0 unspecified atom stereocenters. The van der Waals surface area contributed by atoms with Crippen molar-refractivity contribution in [3.05, 3.63) is 89.9 Å². The molecule has 3 aromatic carbocycles. The number of ether oxygens (including phenoxy) is 3. The van der Waals surface area contributed by atoms with Crippen LogP contribution in [0, 0.1) is 6.57 Å². The van der Waals surface area contributed by atoms with Crippen molar-refractivity contribution in [2.24, 2.45) is 0 Å². The first-order chi connectivity index (χ1) is 15.2. The molecule has 1 N–H and O–H groups in total. The van der Waals surface area contributed by atoms with Crippen LogP contribution in [-0.4, -0.2) is 24.2 Å². The lowest BCUT2D eigenvalue weighted by atomic mass is 10.1. The zero-order chi connectivity index (χ0) is 21.6. The van der Waals surface area contributed by atoms with Crippen molar-refractivity contribution in [1.29, 1.82) is 0 Å². The summed E-state index contributed by atoms with van der Waals surface area (Å²) in [5.74, 6) is 2.89. The van der Waals surface area contributed by atoms with E-state index in [1.54, 1.807) is 26.4 Å². The van der Waals surface area contributed by atoms with Crippen LogP contribution in [-0.2, 0) is 6.61 Å². The third-order valence-electron chi connectivity index (χ3n) is 4.84. The third-order valence-corrected chi connectivity index (χ3v) is 4.84. The summed E-state index contributed by atoms with van der Waals surface area (Å²) in [7, 11) is 3.27. The van der Waals surface area contributed by atoms with Gasteiger partial charge in [0.1, 0.15) is 29.7 Å². The van der Waals surface area contributed by atoms with Crippen LogP contribution in [0.1, 0.15) is 5.56 Å². The summed E-state index contributed by atoms with van der Waals surface area (Å²) in [6, 6.07) is 20.8. The number of imidazole rings is 1. The number of hydrogen-bond donors (Lipinski definition) is 1. The SMILES string of the molecule is [C-]#[N+]c1ccc(COc2ccc(-c3c[nH]c(-c4cccc(OC)c4)n3)c(OC)c2)cc1. The van der Waals surface area contributed by atoms with Crippen molar-refractivity contribution in [3.63, 3.8) is 0 Å². The molecule has 0 saturated carbocycles. The zero-order valence-corrected chi connectivity index (χ0v) is 17.3. The molecule has 0 radical (unpaired) electrons. The van der Waals surface area contributed by atoms with Crippen LogP contribution in [0.3, 0.4) is 0 Å². The van der Waals surface area contributed by atoms with Crippen molar-refractivity contribution in [3.8, 4) is 39.9 Å².